The zero-order valence-electron chi connectivity index (χ0n) is 17.3. The number of hydrogen-bond donors (Lipinski definition) is 1. The van der Waals surface area contributed by atoms with Crippen LogP contribution in [0.25, 0.3) is 0 Å². The largest absolute Gasteiger partial charge is 0.350 e. The van der Waals surface area contributed by atoms with Gasteiger partial charge in [-0.3, -0.25) is 9.59 Å². The summed E-state index contributed by atoms with van der Waals surface area (Å²) in [5.74, 6) is -0.215. The Kier molecular flexibility index (Phi) is 7.41. The summed E-state index contributed by atoms with van der Waals surface area (Å²) in [6, 6.07) is 15.2. The number of amides is 2. The van der Waals surface area contributed by atoms with Gasteiger partial charge < -0.3 is 10.2 Å². The van der Waals surface area contributed by atoms with Crippen LogP contribution >= 0.6 is 15.9 Å². The average molecular weight is 445 g/mol. The molecule has 0 fully saturated rings. The maximum Gasteiger partial charge on any atom is 0.242 e. The smallest absolute Gasteiger partial charge is 0.242 e. The molecule has 0 aliphatic carbocycles. The van der Waals surface area contributed by atoms with Crippen molar-refractivity contribution in [2.24, 2.45) is 0 Å². The van der Waals surface area contributed by atoms with Gasteiger partial charge >= 0.3 is 0 Å². The fourth-order valence-electron chi connectivity index (χ4n) is 2.94. The van der Waals surface area contributed by atoms with E-state index in [0.29, 0.717) is 6.54 Å². The molecule has 0 aliphatic heterocycles. The summed E-state index contributed by atoms with van der Waals surface area (Å²) >= 11 is 3.43. The first-order chi connectivity index (χ1) is 13.0. The van der Waals surface area contributed by atoms with E-state index in [1.165, 1.54) is 0 Å². The van der Waals surface area contributed by atoms with Crippen molar-refractivity contribution in [2.45, 2.75) is 59.2 Å². The van der Waals surface area contributed by atoms with E-state index in [0.717, 1.165) is 21.2 Å². The van der Waals surface area contributed by atoms with Crippen LogP contribution in [0.1, 0.15) is 44.4 Å². The Labute approximate surface area is 176 Å². The predicted molar refractivity (Wildman–Crippen MR) is 117 cm³/mol. The van der Waals surface area contributed by atoms with Gasteiger partial charge in [-0.2, -0.15) is 0 Å². The number of aryl methyl sites for hydroxylation is 1. The number of hydrogen-bond acceptors (Lipinski definition) is 2. The lowest BCUT2D eigenvalue weighted by molar-refractivity contribution is -0.140. The minimum absolute atomic E-state index is 0.0647. The minimum Gasteiger partial charge on any atom is -0.350 e. The molecule has 1 N–H and O–H groups in total. The van der Waals surface area contributed by atoms with Crippen LogP contribution in [0.3, 0.4) is 0 Å². The van der Waals surface area contributed by atoms with E-state index in [2.05, 4.69) is 21.2 Å². The van der Waals surface area contributed by atoms with Gasteiger partial charge in [0.15, 0.2) is 0 Å². The molecule has 28 heavy (non-hydrogen) atoms. The van der Waals surface area contributed by atoms with E-state index < -0.39 is 6.04 Å². The molecule has 0 spiro atoms. The second kappa shape index (κ2) is 9.37. The van der Waals surface area contributed by atoms with Gasteiger partial charge in [-0.05, 0) is 57.9 Å². The Bertz CT molecular complexity index is 825. The van der Waals surface area contributed by atoms with E-state index in [1.54, 1.807) is 11.8 Å². The predicted octanol–water partition coefficient (Wildman–Crippen LogP) is 4.63. The Morgan fingerprint density at radius 2 is 1.71 bits per heavy atom. The molecule has 0 aliphatic rings. The molecule has 2 aromatic rings. The van der Waals surface area contributed by atoms with Crippen molar-refractivity contribution in [1.82, 2.24) is 10.2 Å². The van der Waals surface area contributed by atoms with E-state index in [9.17, 15) is 9.59 Å². The van der Waals surface area contributed by atoms with Crippen LogP contribution in [0.15, 0.2) is 53.0 Å². The van der Waals surface area contributed by atoms with E-state index >= 15 is 0 Å². The highest BCUT2D eigenvalue weighted by atomic mass is 79.9. The highest BCUT2D eigenvalue weighted by molar-refractivity contribution is 9.10. The van der Waals surface area contributed by atoms with Crippen molar-refractivity contribution in [3.8, 4) is 0 Å². The third-order valence-corrected chi connectivity index (χ3v) is 4.90. The summed E-state index contributed by atoms with van der Waals surface area (Å²) in [5, 5.41) is 2.98. The molecule has 4 nitrogen and oxygen atoms in total. The van der Waals surface area contributed by atoms with Gasteiger partial charge in [0.05, 0.1) is 6.42 Å². The van der Waals surface area contributed by atoms with E-state index in [-0.39, 0.29) is 23.8 Å². The second-order valence-corrected chi connectivity index (χ2v) is 9.14. The summed E-state index contributed by atoms with van der Waals surface area (Å²) in [5.41, 5.74) is 2.70. The van der Waals surface area contributed by atoms with Gasteiger partial charge in [0, 0.05) is 16.6 Å². The van der Waals surface area contributed by atoms with Crippen LogP contribution < -0.4 is 5.32 Å². The van der Waals surface area contributed by atoms with E-state index in [1.807, 2.05) is 76.2 Å². The molecule has 150 valence electrons. The summed E-state index contributed by atoms with van der Waals surface area (Å²) in [4.78, 5) is 27.5. The van der Waals surface area contributed by atoms with Gasteiger partial charge in [0.2, 0.25) is 11.8 Å². The zero-order valence-corrected chi connectivity index (χ0v) is 18.8. The first-order valence-corrected chi connectivity index (χ1v) is 10.3. The summed E-state index contributed by atoms with van der Waals surface area (Å²) < 4.78 is 0.979. The third kappa shape index (κ3) is 6.79. The Morgan fingerprint density at radius 3 is 2.29 bits per heavy atom. The van der Waals surface area contributed by atoms with Crippen LogP contribution in [0.4, 0.5) is 0 Å². The van der Waals surface area contributed by atoms with Crippen molar-refractivity contribution in [3.63, 3.8) is 0 Å². The maximum atomic E-state index is 13.1. The lowest BCUT2D eigenvalue weighted by atomic mass is 10.1. The zero-order chi connectivity index (χ0) is 20.9. The molecule has 1 atom stereocenters. The Hall–Kier alpha value is -2.14. The highest BCUT2D eigenvalue weighted by Gasteiger charge is 2.28. The number of halogens is 1. The van der Waals surface area contributed by atoms with Gasteiger partial charge in [-0.1, -0.05) is 57.9 Å². The maximum absolute atomic E-state index is 13.1. The minimum atomic E-state index is -0.569. The number of nitrogens with zero attached hydrogens (tertiary/aromatic N) is 1. The van der Waals surface area contributed by atoms with Crippen molar-refractivity contribution < 1.29 is 9.59 Å². The first-order valence-electron chi connectivity index (χ1n) is 9.46. The fourth-order valence-corrected chi connectivity index (χ4v) is 3.21. The molecule has 0 saturated carbocycles. The van der Waals surface area contributed by atoms with Crippen LogP contribution in [0, 0.1) is 6.92 Å². The Balaban J connectivity index is 2.24. The lowest BCUT2D eigenvalue weighted by Gasteiger charge is -2.31. The summed E-state index contributed by atoms with van der Waals surface area (Å²) in [7, 11) is 0. The van der Waals surface area contributed by atoms with Crippen LogP contribution in [0.2, 0.25) is 0 Å². The molecule has 0 saturated heterocycles. The molecule has 2 amide bonds. The summed E-state index contributed by atoms with van der Waals surface area (Å²) in [6.45, 7) is 9.99. The van der Waals surface area contributed by atoms with Gasteiger partial charge in [-0.15, -0.1) is 0 Å². The first kappa shape index (κ1) is 22.2. The molecule has 0 aromatic heterocycles. The van der Waals surface area contributed by atoms with Crippen LogP contribution in [0.5, 0.6) is 0 Å². The number of rotatable bonds is 6. The highest BCUT2D eigenvalue weighted by Crippen LogP contribution is 2.16. The molecule has 0 heterocycles. The molecule has 1 unspecified atom stereocenters. The number of carbonyl (C=O) groups excluding carboxylic acids is 2. The molecular formula is C23H29BrN2O2. The monoisotopic (exact) mass is 444 g/mol. The average Bonchev–Trinajstić information content (AvgIpc) is 2.59. The van der Waals surface area contributed by atoms with Crippen molar-refractivity contribution in [2.75, 3.05) is 0 Å². The molecule has 0 bridgehead atoms. The van der Waals surface area contributed by atoms with Gasteiger partial charge in [0.25, 0.3) is 0 Å². The molecular weight excluding hydrogens is 416 g/mol. The number of benzene rings is 2. The van der Waals surface area contributed by atoms with Crippen molar-refractivity contribution in [1.29, 1.82) is 0 Å². The van der Waals surface area contributed by atoms with Gasteiger partial charge in [0.1, 0.15) is 6.04 Å². The van der Waals surface area contributed by atoms with Crippen LogP contribution in [-0.2, 0) is 22.6 Å². The second-order valence-electron chi connectivity index (χ2n) is 8.23. The van der Waals surface area contributed by atoms with Crippen molar-refractivity contribution >= 4 is 27.7 Å². The molecule has 5 heteroatoms. The number of nitrogens with one attached hydrogen (secondary N) is 1. The molecule has 2 rings (SSSR count). The van der Waals surface area contributed by atoms with Gasteiger partial charge in [-0.25, -0.2) is 0 Å². The van der Waals surface area contributed by atoms with E-state index in [4.69, 9.17) is 0 Å². The quantitative estimate of drug-likeness (QED) is 0.705. The summed E-state index contributed by atoms with van der Waals surface area (Å²) in [6.07, 6.45) is 0.269. The topological polar surface area (TPSA) is 49.4 Å². The lowest BCUT2D eigenvalue weighted by Crippen LogP contribution is -2.52. The van der Waals surface area contributed by atoms with Crippen molar-refractivity contribution in [3.05, 3.63) is 69.7 Å². The van der Waals surface area contributed by atoms with Crippen LogP contribution in [-0.4, -0.2) is 28.3 Å². The number of carbonyl (C=O) groups is 2. The molecule has 0 radical (unpaired) electrons. The Morgan fingerprint density at radius 1 is 1.07 bits per heavy atom. The third-order valence-electron chi connectivity index (χ3n) is 4.37. The SMILES string of the molecule is Cc1cccc(CC(=O)N(Cc2ccc(Br)cc2)C(C)C(=O)NC(C)(C)C)c1. The fraction of sp³-hybridized carbons (Fsp3) is 0.391. The standard InChI is InChI=1S/C23H29BrN2O2/c1-16-7-6-8-19(13-16)14-21(27)26(15-18-9-11-20(24)12-10-18)17(2)22(28)25-23(3,4)5/h6-13,17H,14-15H2,1-5H3,(H,25,28). The normalized spacial score (nSPS) is 12.4. The molecule has 2 aromatic carbocycles.